The first kappa shape index (κ1) is 22.5. The van der Waals surface area contributed by atoms with Crippen LogP contribution in [-0.4, -0.2) is 30.4 Å². The lowest BCUT2D eigenvalue weighted by Crippen LogP contribution is -2.41. The van der Waals surface area contributed by atoms with Gasteiger partial charge >= 0.3 is 12.3 Å². The SMILES string of the molecule is C=C(C)c1cc(C2=NC(CCc3ccc(OC(F)(F)C(F)(F)F)cc3)C=N2)ccc1N. The van der Waals surface area contributed by atoms with Gasteiger partial charge in [0.2, 0.25) is 0 Å². The zero-order chi connectivity index (χ0) is 22.8. The molecule has 0 bridgehead atoms. The number of hydrogen-bond acceptors (Lipinski definition) is 4. The lowest BCUT2D eigenvalue weighted by molar-refractivity contribution is -0.360. The van der Waals surface area contributed by atoms with E-state index in [0.29, 0.717) is 24.4 Å². The van der Waals surface area contributed by atoms with Crippen LogP contribution >= 0.6 is 0 Å². The van der Waals surface area contributed by atoms with Crippen LogP contribution in [0.3, 0.4) is 0 Å². The zero-order valence-corrected chi connectivity index (χ0v) is 16.6. The van der Waals surface area contributed by atoms with E-state index in [2.05, 4.69) is 21.3 Å². The fourth-order valence-corrected chi connectivity index (χ4v) is 2.98. The van der Waals surface area contributed by atoms with Crippen molar-refractivity contribution >= 4 is 23.3 Å². The summed E-state index contributed by atoms with van der Waals surface area (Å²) in [5.74, 6) is 0.0103. The van der Waals surface area contributed by atoms with Crippen molar-refractivity contribution in [1.82, 2.24) is 0 Å². The van der Waals surface area contributed by atoms with Crippen LogP contribution in [-0.2, 0) is 6.42 Å². The number of nitrogen functional groups attached to an aromatic ring is 1. The van der Waals surface area contributed by atoms with Crippen molar-refractivity contribution < 1.29 is 26.7 Å². The topological polar surface area (TPSA) is 60.0 Å². The largest absolute Gasteiger partial charge is 0.499 e. The number of alkyl halides is 5. The number of nitrogens with two attached hydrogens (primary N) is 1. The highest BCUT2D eigenvalue weighted by Crippen LogP contribution is 2.37. The van der Waals surface area contributed by atoms with Gasteiger partial charge in [-0.2, -0.15) is 22.0 Å². The highest BCUT2D eigenvalue weighted by atomic mass is 19.4. The summed E-state index contributed by atoms with van der Waals surface area (Å²) in [6.07, 6.45) is -8.19. The first-order valence-electron chi connectivity index (χ1n) is 9.36. The third-order valence-corrected chi connectivity index (χ3v) is 4.66. The number of aryl methyl sites for hydroxylation is 1. The Morgan fingerprint density at radius 1 is 1.10 bits per heavy atom. The molecule has 4 nitrogen and oxygen atoms in total. The second kappa shape index (κ2) is 8.49. The van der Waals surface area contributed by atoms with Crippen molar-refractivity contribution in [2.24, 2.45) is 9.98 Å². The molecular weight excluding hydrogens is 417 g/mol. The molecule has 3 rings (SSSR count). The van der Waals surface area contributed by atoms with Crippen molar-refractivity contribution in [3.05, 3.63) is 65.7 Å². The molecule has 31 heavy (non-hydrogen) atoms. The van der Waals surface area contributed by atoms with Gasteiger partial charge in [-0.15, -0.1) is 0 Å². The van der Waals surface area contributed by atoms with Gasteiger partial charge in [0, 0.05) is 23.0 Å². The van der Waals surface area contributed by atoms with Crippen molar-refractivity contribution in [2.45, 2.75) is 38.1 Å². The molecule has 0 radical (unpaired) electrons. The summed E-state index contributed by atoms with van der Waals surface area (Å²) < 4.78 is 66.3. The Hall–Kier alpha value is -3.23. The second-order valence-electron chi connectivity index (χ2n) is 7.18. The molecule has 0 amide bonds. The first-order chi connectivity index (χ1) is 14.5. The normalized spacial score (nSPS) is 16.3. The highest BCUT2D eigenvalue weighted by molar-refractivity contribution is 6.07. The molecule has 2 N–H and O–H groups in total. The molecule has 9 heteroatoms. The van der Waals surface area contributed by atoms with E-state index in [1.165, 1.54) is 12.1 Å². The fourth-order valence-electron chi connectivity index (χ4n) is 2.98. The zero-order valence-electron chi connectivity index (χ0n) is 16.6. The van der Waals surface area contributed by atoms with E-state index < -0.39 is 18.0 Å². The van der Waals surface area contributed by atoms with Crippen LogP contribution in [0.5, 0.6) is 5.75 Å². The smallest absolute Gasteiger partial charge is 0.426 e. The van der Waals surface area contributed by atoms with E-state index in [1.807, 2.05) is 19.1 Å². The van der Waals surface area contributed by atoms with E-state index in [9.17, 15) is 22.0 Å². The average molecular weight is 437 g/mol. The third kappa shape index (κ3) is 5.28. The molecule has 0 saturated heterocycles. The van der Waals surface area contributed by atoms with Gasteiger partial charge in [-0.3, -0.25) is 4.99 Å². The van der Waals surface area contributed by atoms with Gasteiger partial charge in [0.15, 0.2) is 5.84 Å². The predicted octanol–water partition coefficient (Wildman–Crippen LogP) is 5.67. The van der Waals surface area contributed by atoms with Gasteiger partial charge in [0.25, 0.3) is 0 Å². The summed E-state index contributed by atoms with van der Waals surface area (Å²) in [4.78, 5) is 8.92. The minimum absolute atomic E-state index is 0.175. The minimum Gasteiger partial charge on any atom is -0.426 e. The van der Waals surface area contributed by atoms with Gasteiger partial charge in [0.1, 0.15) is 5.75 Å². The molecule has 0 aliphatic carbocycles. The number of ether oxygens (including phenoxy) is 1. The molecule has 1 aliphatic rings. The summed E-state index contributed by atoms with van der Waals surface area (Å²) in [6.45, 7) is 5.76. The quantitative estimate of drug-likeness (QED) is 0.448. The van der Waals surface area contributed by atoms with Crippen LogP contribution in [0.1, 0.15) is 30.0 Å². The van der Waals surface area contributed by atoms with Crippen LogP contribution in [0.2, 0.25) is 0 Å². The molecule has 164 valence electrons. The van der Waals surface area contributed by atoms with Gasteiger partial charge in [-0.25, -0.2) is 4.99 Å². The summed E-state index contributed by atoms with van der Waals surface area (Å²) in [5.41, 5.74) is 9.80. The van der Waals surface area contributed by atoms with E-state index in [-0.39, 0.29) is 6.04 Å². The molecule has 0 fully saturated rings. The van der Waals surface area contributed by atoms with E-state index in [4.69, 9.17) is 5.73 Å². The lowest BCUT2D eigenvalue weighted by Gasteiger charge is -2.20. The standard InChI is InChI=1S/C22H20F5N3O/c1-13(2)18-11-15(6-10-19(18)28)20-29-12-16(30-20)7-3-14-4-8-17(9-5-14)31-22(26,27)21(23,24)25/h4-6,8-12,16H,1,3,7,28H2,2H3. The summed E-state index contributed by atoms with van der Waals surface area (Å²) in [6, 6.07) is 10.4. The van der Waals surface area contributed by atoms with Crippen molar-refractivity contribution in [3.63, 3.8) is 0 Å². The molecule has 0 saturated carbocycles. The second-order valence-corrected chi connectivity index (χ2v) is 7.18. The van der Waals surface area contributed by atoms with Crippen LogP contribution in [0.25, 0.3) is 5.57 Å². The van der Waals surface area contributed by atoms with Gasteiger partial charge < -0.3 is 10.5 Å². The molecule has 1 heterocycles. The first-order valence-corrected chi connectivity index (χ1v) is 9.36. The van der Waals surface area contributed by atoms with Crippen LogP contribution in [0, 0.1) is 0 Å². The molecule has 2 aromatic carbocycles. The van der Waals surface area contributed by atoms with E-state index in [0.717, 1.165) is 34.4 Å². The number of anilines is 1. The molecule has 1 aliphatic heterocycles. The van der Waals surface area contributed by atoms with Crippen LogP contribution in [0.4, 0.5) is 27.6 Å². The lowest BCUT2D eigenvalue weighted by atomic mass is 10.0. The van der Waals surface area contributed by atoms with E-state index in [1.54, 1.807) is 12.3 Å². The monoisotopic (exact) mass is 437 g/mol. The number of rotatable bonds is 7. The van der Waals surface area contributed by atoms with Crippen LogP contribution in [0.15, 0.2) is 59.0 Å². The number of nitrogens with zero attached hydrogens (tertiary/aromatic N) is 2. The Bertz CT molecular complexity index is 1030. The van der Waals surface area contributed by atoms with Gasteiger partial charge in [0.05, 0.1) is 6.04 Å². The maximum atomic E-state index is 12.9. The number of allylic oxidation sites excluding steroid dienone is 1. The Morgan fingerprint density at radius 2 is 1.77 bits per heavy atom. The number of benzene rings is 2. The van der Waals surface area contributed by atoms with E-state index >= 15 is 0 Å². The Kier molecular flexibility index (Phi) is 6.15. The highest BCUT2D eigenvalue weighted by Gasteiger charge is 2.61. The molecule has 2 aromatic rings. The molecule has 1 atom stereocenters. The third-order valence-electron chi connectivity index (χ3n) is 4.66. The summed E-state index contributed by atoms with van der Waals surface area (Å²) >= 11 is 0. The summed E-state index contributed by atoms with van der Waals surface area (Å²) in [7, 11) is 0. The molecule has 0 spiro atoms. The van der Waals surface area contributed by atoms with Gasteiger partial charge in [-0.05, 0) is 61.2 Å². The van der Waals surface area contributed by atoms with Crippen LogP contribution < -0.4 is 10.5 Å². The number of hydrogen-bond donors (Lipinski definition) is 1. The number of aliphatic imine (C=N–C) groups is 2. The maximum absolute atomic E-state index is 12.9. The Morgan fingerprint density at radius 3 is 2.39 bits per heavy atom. The number of halogens is 5. The predicted molar refractivity (Wildman–Crippen MR) is 111 cm³/mol. The summed E-state index contributed by atoms with van der Waals surface area (Å²) in [5, 5.41) is 0. The minimum atomic E-state index is -5.78. The molecule has 0 aromatic heterocycles. The number of amidine groups is 1. The fraction of sp³-hybridized carbons (Fsp3) is 0.273. The van der Waals surface area contributed by atoms with Gasteiger partial charge in [-0.1, -0.05) is 18.7 Å². The van der Waals surface area contributed by atoms with Crippen molar-refractivity contribution in [3.8, 4) is 5.75 Å². The Balaban J connectivity index is 1.60. The van der Waals surface area contributed by atoms with Crippen molar-refractivity contribution in [2.75, 3.05) is 5.73 Å². The Labute approximate surface area is 176 Å². The maximum Gasteiger partial charge on any atom is 0.499 e. The molecule has 1 unspecified atom stereocenters. The van der Waals surface area contributed by atoms with Crippen molar-refractivity contribution in [1.29, 1.82) is 0 Å². The average Bonchev–Trinajstić information content (AvgIpc) is 3.15. The molecular formula is C22H20F5N3O.